The number of benzene rings is 2. The molecular formula is C24H30N4O6S2. The molecule has 0 radical (unpaired) electrons. The van der Waals surface area contributed by atoms with Crippen LogP contribution in [0.1, 0.15) is 11.1 Å². The molecule has 0 aliphatic carbocycles. The van der Waals surface area contributed by atoms with Crippen molar-refractivity contribution in [3.8, 4) is 0 Å². The molecule has 4 atom stereocenters. The molecule has 10 nitrogen and oxygen atoms in total. The monoisotopic (exact) mass is 534 g/mol. The highest BCUT2D eigenvalue weighted by atomic mass is 33.1. The Hall–Kier alpha value is -3.06. The van der Waals surface area contributed by atoms with Crippen LogP contribution in [0.2, 0.25) is 0 Å². The molecular weight excluding hydrogens is 504 g/mol. The quantitative estimate of drug-likeness (QED) is 0.140. The molecule has 2 aromatic carbocycles. The first-order chi connectivity index (χ1) is 17.2. The molecule has 8 N–H and O–H groups in total. The Morgan fingerprint density at radius 2 is 1.00 bits per heavy atom. The Balaban J connectivity index is 1.79. The zero-order chi connectivity index (χ0) is 26.5. The minimum absolute atomic E-state index is 0.0302. The molecule has 2 aromatic rings. The second kappa shape index (κ2) is 15.1. The SMILES string of the molecule is N[C@@H](Cc1ccccc1)C(=O)NC(CSSC[C@H](NC(=O)[C@@H](N)Cc1ccccc1)C(=O)O)C(=O)O. The highest BCUT2D eigenvalue weighted by Gasteiger charge is 2.26. The van der Waals surface area contributed by atoms with Gasteiger partial charge >= 0.3 is 11.9 Å². The second-order valence-corrected chi connectivity index (χ2v) is 10.5. The summed E-state index contributed by atoms with van der Waals surface area (Å²) in [6.45, 7) is 0. The maximum atomic E-state index is 12.4. The van der Waals surface area contributed by atoms with Crippen molar-refractivity contribution in [3.63, 3.8) is 0 Å². The third-order valence-corrected chi connectivity index (χ3v) is 7.47. The maximum Gasteiger partial charge on any atom is 0.327 e. The lowest BCUT2D eigenvalue weighted by atomic mass is 10.1. The van der Waals surface area contributed by atoms with E-state index in [9.17, 15) is 29.4 Å². The summed E-state index contributed by atoms with van der Waals surface area (Å²) in [5.41, 5.74) is 13.5. The summed E-state index contributed by atoms with van der Waals surface area (Å²) in [6, 6.07) is 14.0. The van der Waals surface area contributed by atoms with E-state index in [1.54, 1.807) is 0 Å². The van der Waals surface area contributed by atoms with Gasteiger partial charge in [0.25, 0.3) is 0 Å². The molecule has 0 spiro atoms. The van der Waals surface area contributed by atoms with Gasteiger partial charge in [-0.3, -0.25) is 9.59 Å². The van der Waals surface area contributed by atoms with Gasteiger partial charge in [-0.15, -0.1) is 0 Å². The largest absolute Gasteiger partial charge is 0.480 e. The van der Waals surface area contributed by atoms with Crippen LogP contribution in [0.4, 0.5) is 0 Å². The van der Waals surface area contributed by atoms with E-state index in [1.165, 1.54) is 0 Å². The van der Waals surface area contributed by atoms with Crippen molar-refractivity contribution in [1.82, 2.24) is 10.6 Å². The molecule has 0 saturated carbocycles. The van der Waals surface area contributed by atoms with Gasteiger partial charge < -0.3 is 32.3 Å². The molecule has 0 saturated heterocycles. The third kappa shape index (κ3) is 10.3. The van der Waals surface area contributed by atoms with E-state index in [2.05, 4.69) is 10.6 Å². The minimum Gasteiger partial charge on any atom is -0.480 e. The van der Waals surface area contributed by atoms with Crippen molar-refractivity contribution >= 4 is 45.3 Å². The van der Waals surface area contributed by atoms with E-state index >= 15 is 0 Å². The van der Waals surface area contributed by atoms with Gasteiger partial charge in [-0.25, -0.2) is 9.59 Å². The number of nitrogens with two attached hydrogens (primary N) is 2. The first-order valence-electron chi connectivity index (χ1n) is 11.1. The zero-order valence-electron chi connectivity index (χ0n) is 19.4. The van der Waals surface area contributed by atoms with Crippen molar-refractivity contribution in [3.05, 3.63) is 71.8 Å². The number of nitrogens with one attached hydrogen (secondary N) is 2. The van der Waals surface area contributed by atoms with Crippen molar-refractivity contribution in [2.24, 2.45) is 11.5 Å². The number of hydrogen-bond acceptors (Lipinski definition) is 8. The molecule has 194 valence electrons. The number of rotatable bonds is 15. The molecule has 1 unspecified atom stereocenters. The molecule has 2 amide bonds. The van der Waals surface area contributed by atoms with Gasteiger partial charge in [0.05, 0.1) is 12.1 Å². The minimum atomic E-state index is -1.24. The van der Waals surface area contributed by atoms with Crippen LogP contribution in [0.3, 0.4) is 0 Å². The number of carbonyl (C=O) groups is 4. The lowest BCUT2D eigenvalue weighted by Gasteiger charge is -2.19. The van der Waals surface area contributed by atoms with Crippen LogP contribution in [-0.2, 0) is 32.0 Å². The fraction of sp³-hybridized carbons (Fsp3) is 0.333. The lowest BCUT2D eigenvalue weighted by molar-refractivity contribution is -0.141. The Morgan fingerprint density at radius 1 is 0.667 bits per heavy atom. The molecule has 0 heterocycles. The molecule has 0 aromatic heterocycles. The van der Waals surface area contributed by atoms with E-state index in [-0.39, 0.29) is 24.3 Å². The van der Waals surface area contributed by atoms with Gasteiger partial charge in [0, 0.05) is 11.5 Å². The van der Waals surface area contributed by atoms with Crippen molar-refractivity contribution in [2.75, 3.05) is 11.5 Å². The predicted octanol–water partition coefficient (Wildman–Crippen LogP) is 0.647. The van der Waals surface area contributed by atoms with Gasteiger partial charge in [-0.1, -0.05) is 82.3 Å². The summed E-state index contributed by atoms with van der Waals surface area (Å²) in [6.07, 6.45) is 0.514. The van der Waals surface area contributed by atoms with Crippen LogP contribution >= 0.6 is 21.6 Å². The van der Waals surface area contributed by atoms with Crippen LogP contribution in [-0.4, -0.2) is 69.6 Å². The average molecular weight is 535 g/mol. The summed E-state index contributed by atoms with van der Waals surface area (Å²) in [5, 5.41) is 23.7. The fourth-order valence-electron chi connectivity index (χ4n) is 3.06. The number of amides is 2. The highest BCUT2D eigenvalue weighted by molar-refractivity contribution is 8.76. The number of carboxylic acid groups (broad SMARTS) is 2. The van der Waals surface area contributed by atoms with Crippen molar-refractivity contribution in [1.29, 1.82) is 0 Å². The smallest absolute Gasteiger partial charge is 0.327 e. The summed E-state index contributed by atoms with van der Waals surface area (Å²) >= 11 is 0. The van der Waals surface area contributed by atoms with Crippen LogP contribution in [0.5, 0.6) is 0 Å². The molecule has 36 heavy (non-hydrogen) atoms. The van der Waals surface area contributed by atoms with Gasteiger partial charge in [0.1, 0.15) is 12.1 Å². The Labute approximate surface area is 217 Å². The molecule has 2 rings (SSSR count). The summed E-state index contributed by atoms with van der Waals surface area (Å²) in [5.74, 6) is -3.73. The van der Waals surface area contributed by atoms with Crippen molar-refractivity contribution < 1.29 is 29.4 Å². The molecule has 0 bridgehead atoms. The zero-order valence-corrected chi connectivity index (χ0v) is 21.0. The summed E-state index contributed by atoms with van der Waals surface area (Å²) < 4.78 is 0. The van der Waals surface area contributed by atoms with E-state index < -0.39 is 47.9 Å². The third-order valence-electron chi connectivity index (χ3n) is 5.05. The normalized spacial score (nSPS) is 14.2. The van der Waals surface area contributed by atoms with Gasteiger partial charge in [0.15, 0.2) is 0 Å². The van der Waals surface area contributed by atoms with E-state index in [0.29, 0.717) is 0 Å². The van der Waals surface area contributed by atoms with E-state index in [4.69, 9.17) is 11.5 Å². The highest BCUT2D eigenvalue weighted by Crippen LogP contribution is 2.23. The number of aliphatic carboxylic acids is 2. The van der Waals surface area contributed by atoms with Crippen LogP contribution in [0.15, 0.2) is 60.7 Å². The molecule has 12 heteroatoms. The molecule has 0 aliphatic heterocycles. The van der Waals surface area contributed by atoms with Crippen LogP contribution in [0.25, 0.3) is 0 Å². The maximum absolute atomic E-state index is 12.4. The average Bonchev–Trinajstić information content (AvgIpc) is 2.85. The molecule has 0 fully saturated rings. The van der Waals surface area contributed by atoms with E-state index in [0.717, 1.165) is 32.7 Å². The van der Waals surface area contributed by atoms with Crippen LogP contribution in [0, 0.1) is 0 Å². The topological polar surface area (TPSA) is 185 Å². The van der Waals surface area contributed by atoms with E-state index in [1.807, 2.05) is 60.7 Å². The van der Waals surface area contributed by atoms with Gasteiger partial charge in [-0.05, 0) is 24.0 Å². The summed E-state index contributed by atoms with van der Waals surface area (Å²) in [7, 11) is 2.13. The summed E-state index contributed by atoms with van der Waals surface area (Å²) in [4.78, 5) is 47.9. The lowest BCUT2D eigenvalue weighted by Crippen LogP contribution is -2.50. The van der Waals surface area contributed by atoms with Gasteiger partial charge in [-0.2, -0.15) is 0 Å². The second-order valence-electron chi connectivity index (χ2n) is 7.96. The predicted molar refractivity (Wildman–Crippen MR) is 140 cm³/mol. The fourth-order valence-corrected chi connectivity index (χ4v) is 5.37. The standard InChI is InChI=1S/C24H30N4O6S2/c25-17(11-15-7-3-1-4-8-15)21(29)27-19(23(31)32)13-35-36-14-20(24(33)34)28-22(30)18(26)12-16-9-5-2-6-10-16/h1-10,17-20H,11-14,25-26H2,(H,27,29)(H,28,30)(H,31,32)(H,33,34)/t17-,18-,19-,20?/m0/s1. The Kier molecular flexibility index (Phi) is 12.3. The number of hydrogen-bond donors (Lipinski definition) is 6. The van der Waals surface area contributed by atoms with Crippen LogP contribution < -0.4 is 22.1 Å². The first kappa shape index (κ1) is 29.2. The first-order valence-corrected chi connectivity index (χ1v) is 13.6. The number of carboxylic acids is 2. The molecule has 0 aliphatic rings. The Morgan fingerprint density at radius 3 is 1.31 bits per heavy atom. The Bertz CT molecular complexity index is 931. The van der Waals surface area contributed by atoms with Crippen molar-refractivity contribution in [2.45, 2.75) is 37.0 Å². The number of carbonyl (C=O) groups excluding carboxylic acids is 2. The van der Waals surface area contributed by atoms with Gasteiger partial charge in [0.2, 0.25) is 11.8 Å².